The van der Waals surface area contributed by atoms with Crippen LogP contribution in [-0.4, -0.2) is 53.6 Å². The van der Waals surface area contributed by atoms with Crippen molar-refractivity contribution < 1.29 is 0 Å². The molecule has 0 aromatic carbocycles. The number of nitrogens with two attached hydrogens (primary N) is 1. The molecule has 0 amide bonds. The van der Waals surface area contributed by atoms with E-state index in [-0.39, 0.29) is 5.56 Å². The SMILES string of the molecule is CCC1CN(CCn2cc(N)ccc2=O)CCN1C. The molecule has 0 spiro atoms. The number of rotatable bonds is 4. The Morgan fingerprint density at radius 2 is 2.11 bits per heavy atom. The summed E-state index contributed by atoms with van der Waals surface area (Å²) in [4.78, 5) is 16.6. The van der Waals surface area contributed by atoms with Crippen LogP contribution in [0.5, 0.6) is 0 Å². The minimum absolute atomic E-state index is 0.0235. The van der Waals surface area contributed by atoms with Crippen LogP contribution in [0.1, 0.15) is 13.3 Å². The summed E-state index contributed by atoms with van der Waals surface area (Å²) < 4.78 is 1.70. The van der Waals surface area contributed by atoms with Crippen molar-refractivity contribution >= 4 is 5.69 Å². The molecule has 1 atom stereocenters. The first-order chi connectivity index (χ1) is 9.10. The van der Waals surface area contributed by atoms with Crippen molar-refractivity contribution in [3.63, 3.8) is 0 Å². The first kappa shape index (κ1) is 14.1. The molecule has 0 bridgehead atoms. The van der Waals surface area contributed by atoms with Gasteiger partial charge < -0.3 is 15.2 Å². The van der Waals surface area contributed by atoms with Crippen LogP contribution in [0.15, 0.2) is 23.1 Å². The highest BCUT2D eigenvalue weighted by Gasteiger charge is 2.22. The minimum Gasteiger partial charge on any atom is -0.398 e. The normalized spacial score (nSPS) is 21.7. The Hall–Kier alpha value is -1.33. The second kappa shape index (κ2) is 6.21. The zero-order valence-electron chi connectivity index (χ0n) is 11.9. The van der Waals surface area contributed by atoms with E-state index in [0.717, 1.165) is 26.2 Å². The maximum Gasteiger partial charge on any atom is 0.250 e. The van der Waals surface area contributed by atoms with Gasteiger partial charge >= 0.3 is 0 Å². The number of piperazine rings is 1. The van der Waals surface area contributed by atoms with Crippen LogP contribution in [0.4, 0.5) is 5.69 Å². The standard InChI is InChI=1S/C14H24N4O/c1-3-13-11-17(7-6-16(13)2)8-9-18-10-12(15)4-5-14(18)19/h4-5,10,13H,3,6-9,11,15H2,1-2H3. The zero-order valence-corrected chi connectivity index (χ0v) is 11.9. The summed E-state index contributed by atoms with van der Waals surface area (Å²) in [6.07, 6.45) is 2.90. The number of hydrogen-bond acceptors (Lipinski definition) is 4. The molecule has 1 aliphatic heterocycles. The predicted molar refractivity (Wildman–Crippen MR) is 78.3 cm³/mol. The van der Waals surface area contributed by atoms with E-state index < -0.39 is 0 Å². The van der Waals surface area contributed by atoms with Gasteiger partial charge in [-0.1, -0.05) is 6.92 Å². The number of nitrogen functional groups attached to an aromatic ring is 1. The second-order valence-corrected chi connectivity index (χ2v) is 5.34. The zero-order chi connectivity index (χ0) is 13.8. The van der Waals surface area contributed by atoms with Crippen LogP contribution < -0.4 is 11.3 Å². The Kier molecular flexibility index (Phi) is 4.61. The van der Waals surface area contributed by atoms with Crippen molar-refractivity contribution in [1.82, 2.24) is 14.4 Å². The van der Waals surface area contributed by atoms with Gasteiger partial charge in [0.1, 0.15) is 0 Å². The molecule has 1 saturated heterocycles. The third-order valence-electron chi connectivity index (χ3n) is 4.00. The van der Waals surface area contributed by atoms with Crippen LogP contribution in [0.3, 0.4) is 0 Å². The van der Waals surface area contributed by atoms with Gasteiger partial charge in [-0.3, -0.25) is 9.69 Å². The summed E-state index contributed by atoms with van der Waals surface area (Å²) in [6.45, 7) is 7.11. The second-order valence-electron chi connectivity index (χ2n) is 5.34. The Balaban J connectivity index is 1.92. The Morgan fingerprint density at radius 3 is 2.84 bits per heavy atom. The molecule has 5 heteroatoms. The quantitative estimate of drug-likeness (QED) is 0.858. The predicted octanol–water partition coefficient (Wildman–Crippen LogP) is 0.457. The van der Waals surface area contributed by atoms with E-state index >= 15 is 0 Å². The van der Waals surface area contributed by atoms with Crippen molar-refractivity contribution in [3.05, 3.63) is 28.7 Å². The Bertz CT molecular complexity index is 471. The first-order valence-electron chi connectivity index (χ1n) is 6.98. The molecule has 5 nitrogen and oxygen atoms in total. The lowest BCUT2D eigenvalue weighted by atomic mass is 10.1. The Morgan fingerprint density at radius 1 is 1.32 bits per heavy atom. The van der Waals surface area contributed by atoms with E-state index in [2.05, 4.69) is 23.8 Å². The molecule has 1 unspecified atom stereocenters. The van der Waals surface area contributed by atoms with Gasteiger partial charge in [0.05, 0.1) is 0 Å². The number of aromatic nitrogens is 1. The van der Waals surface area contributed by atoms with E-state index in [0.29, 0.717) is 18.3 Å². The van der Waals surface area contributed by atoms with Gasteiger partial charge in [0.25, 0.3) is 5.56 Å². The number of anilines is 1. The molecular formula is C14H24N4O. The highest BCUT2D eigenvalue weighted by atomic mass is 16.1. The van der Waals surface area contributed by atoms with E-state index in [1.54, 1.807) is 16.8 Å². The molecule has 2 N–H and O–H groups in total. The van der Waals surface area contributed by atoms with E-state index in [1.165, 1.54) is 12.5 Å². The lowest BCUT2D eigenvalue weighted by molar-refractivity contribution is 0.0906. The summed E-state index contributed by atoms with van der Waals surface area (Å²) >= 11 is 0. The number of pyridine rings is 1. The van der Waals surface area contributed by atoms with Gasteiger partial charge in [-0.2, -0.15) is 0 Å². The highest BCUT2D eigenvalue weighted by Crippen LogP contribution is 2.10. The molecule has 0 saturated carbocycles. The van der Waals surface area contributed by atoms with Gasteiger partial charge in [0.2, 0.25) is 0 Å². The maximum absolute atomic E-state index is 11.7. The van der Waals surface area contributed by atoms with Gasteiger partial charge in [0, 0.05) is 56.7 Å². The molecule has 1 fully saturated rings. The summed E-state index contributed by atoms with van der Waals surface area (Å²) in [7, 11) is 2.19. The number of nitrogens with zero attached hydrogens (tertiary/aromatic N) is 3. The van der Waals surface area contributed by atoms with Crippen LogP contribution >= 0.6 is 0 Å². The van der Waals surface area contributed by atoms with Crippen molar-refractivity contribution in [2.45, 2.75) is 25.9 Å². The monoisotopic (exact) mass is 264 g/mol. The van der Waals surface area contributed by atoms with Gasteiger partial charge in [-0.25, -0.2) is 0 Å². The summed E-state index contributed by atoms with van der Waals surface area (Å²) in [6, 6.07) is 3.82. The van der Waals surface area contributed by atoms with Crippen molar-refractivity contribution in [1.29, 1.82) is 0 Å². The number of likely N-dealkylation sites (N-methyl/N-ethyl adjacent to an activating group) is 1. The smallest absolute Gasteiger partial charge is 0.250 e. The fourth-order valence-electron chi connectivity index (χ4n) is 2.63. The fourth-order valence-corrected chi connectivity index (χ4v) is 2.63. The average molecular weight is 264 g/mol. The molecule has 106 valence electrons. The minimum atomic E-state index is 0.0235. The molecule has 1 aromatic rings. The third-order valence-corrected chi connectivity index (χ3v) is 4.00. The van der Waals surface area contributed by atoms with E-state index in [9.17, 15) is 4.79 Å². The summed E-state index contributed by atoms with van der Waals surface area (Å²) in [5, 5.41) is 0. The molecule has 0 radical (unpaired) electrons. The Labute approximate surface area is 114 Å². The van der Waals surface area contributed by atoms with Gasteiger partial charge in [0.15, 0.2) is 0 Å². The lowest BCUT2D eigenvalue weighted by Gasteiger charge is -2.39. The van der Waals surface area contributed by atoms with Crippen LogP contribution in [0.25, 0.3) is 0 Å². The molecular weight excluding hydrogens is 240 g/mol. The van der Waals surface area contributed by atoms with Crippen molar-refractivity contribution in [2.24, 2.45) is 0 Å². The first-order valence-corrected chi connectivity index (χ1v) is 6.98. The molecule has 1 aliphatic rings. The fraction of sp³-hybridized carbons (Fsp3) is 0.643. The van der Waals surface area contributed by atoms with Crippen LogP contribution in [0.2, 0.25) is 0 Å². The van der Waals surface area contributed by atoms with Gasteiger partial charge in [-0.15, -0.1) is 0 Å². The van der Waals surface area contributed by atoms with Crippen molar-refractivity contribution in [3.8, 4) is 0 Å². The van der Waals surface area contributed by atoms with Crippen molar-refractivity contribution in [2.75, 3.05) is 39.0 Å². The molecule has 19 heavy (non-hydrogen) atoms. The third kappa shape index (κ3) is 3.58. The topological polar surface area (TPSA) is 54.5 Å². The molecule has 0 aliphatic carbocycles. The lowest BCUT2D eigenvalue weighted by Crippen LogP contribution is -2.51. The van der Waals surface area contributed by atoms with E-state index in [1.807, 2.05) is 0 Å². The van der Waals surface area contributed by atoms with Gasteiger partial charge in [-0.05, 0) is 19.5 Å². The van der Waals surface area contributed by atoms with E-state index in [4.69, 9.17) is 5.73 Å². The largest absolute Gasteiger partial charge is 0.398 e. The molecule has 2 heterocycles. The molecule has 2 rings (SSSR count). The maximum atomic E-state index is 11.7. The summed E-state index contributed by atoms with van der Waals surface area (Å²) in [5.74, 6) is 0. The van der Waals surface area contributed by atoms with Crippen LogP contribution in [-0.2, 0) is 6.54 Å². The van der Waals surface area contributed by atoms with Crippen LogP contribution in [0, 0.1) is 0 Å². The number of hydrogen-bond donors (Lipinski definition) is 1. The summed E-state index contributed by atoms with van der Waals surface area (Å²) in [5.41, 5.74) is 6.38. The molecule has 1 aromatic heterocycles. The average Bonchev–Trinajstić information content (AvgIpc) is 2.41. The highest BCUT2D eigenvalue weighted by molar-refractivity contribution is 5.33.